The first-order chi connectivity index (χ1) is 8.71. The first-order valence-electron chi connectivity index (χ1n) is 7.06. The molecule has 0 bridgehead atoms. The number of hydrogen-bond acceptors (Lipinski definition) is 4. The highest BCUT2D eigenvalue weighted by Gasteiger charge is 2.69. The van der Waals surface area contributed by atoms with Crippen LogP contribution < -0.4 is 0 Å². The summed E-state index contributed by atoms with van der Waals surface area (Å²) in [7, 11) is 0. The average Bonchev–Trinajstić information content (AvgIpc) is 2.52. The van der Waals surface area contributed by atoms with Gasteiger partial charge in [0.1, 0.15) is 5.60 Å². The minimum Gasteiger partial charge on any atom is -0.390 e. The maximum Gasteiger partial charge on any atom is 0.169 e. The van der Waals surface area contributed by atoms with Gasteiger partial charge in [-0.15, -0.1) is 0 Å². The number of aliphatic hydroxyl groups is 3. The predicted molar refractivity (Wildman–Crippen MR) is 69.2 cm³/mol. The van der Waals surface area contributed by atoms with Crippen LogP contribution in [-0.2, 0) is 4.79 Å². The van der Waals surface area contributed by atoms with Crippen LogP contribution >= 0.6 is 0 Å². The summed E-state index contributed by atoms with van der Waals surface area (Å²) in [6, 6.07) is 0. The molecule has 3 aliphatic rings. The Balaban J connectivity index is 2.15. The van der Waals surface area contributed by atoms with Gasteiger partial charge in [0, 0.05) is 18.3 Å². The lowest BCUT2D eigenvalue weighted by Crippen LogP contribution is -2.59. The van der Waals surface area contributed by atoms with Gasteiger partial charge in [-0.2, -0.15) is 0 Å². The summed E-state index contributed by atoms with van der Waals surface area (Å²) in [6.45, 7) is 7.48. The molecule has 0 aromatic rings. The quantitative estimate of drug-likeness (QED) is 0.563. The smallest absolute Gasteiger partial charge is 0.169 e. The van der Waals surface area contributed by atoms with Crippen LogP contribution in [0.2, 0.25) is 0 Å². The van der Waals surface area contributed by atoms with Crippen molar-refractivity contribution in [1.29, 1.82) is 0 Å². The molecule has 0 unspecified atom stereocenters. The third kappa shape index (κ3) is 1.42. The number of hydrogen-bond donors (Lipinski definition) is 3. The number of carbonyl (C=O) groups is 1. The van der Waals surface area contributed by atoms with E-state index in [1.165, 1.54) is 0 Å². The fourth-order valence-corrected chi connectivity index (χ4v) is 4.82. The van der Waals surface area contributed by atoms with E-state index in [1.54, 1.807) is 6.92 Å². The van der Waals surface area contributed by atoms with Gasteiger partial charge < -0.3 is 15.3 Å². The Hall–Kier alpha value is -0.710. The van der Waals surface area contributed by atoms with E-state index in [0.29, 0.717) is 12.8 Å². The van der Waals surface area contributed by atoms with Gasteiger partial charge in [-0.1, -0.05) is 13.5 Å². The topological polar surface area (TPSA) is 77.8 Å². The standard InChI is InChI=1S/C15H22O4/c1-7-6-10(16)15(19)8(2)13(17)12-11(15)9(7)4-5-14(12,3)18/h7,9,11-13,17-19H,2,4-6H2,1,3H3/t7-,9+,11+,12-,13+,14+,15-/m1/s1. The average molecular weight is 266 g/mol. The van der Waals surface area contributed by atoms with Crippen molar-refractivity contribution in [3.05, 3.63) is 12.2 Å². The van der Waals surface area contributed by atoms with Crippen molar-refractivity contribution >= 4 is 5.78 Å². The Bertz CT molecular complexity index is 455. The van der Waals surface area contributed by atoms with Gasteiger partial charge in [0.05, 0.1) is 11.7 Å². The van der Waals surface area contributed by atoms with Gasteiger partial charge >= 0.3 is 0 Å². The molecular weight excluding hydrogens is 244 g/mol. The summed E-state index contributed by atoms with van der Waals surface area (Å²) in [6.07, 6.45) is 0.711. The molecule has 3 aliphatic carbocycles. The van der Waals surface area contributed by atoms with Crippen LogP contribution in [0.4, 0.5) is 0 Å². The van der Waals surface area contributed by atoms with E-state index in [-0.39, 0.29) is 23.2 Å². The Labute approximate surface area is 113 Å². The molecule has 0 spiro atoms. The Morgan fingerprint density at radius 3 is 2.58 bits per heavy atom. The first-order valence-corrected chi connectivity index (χ1v) is 7.06. The number of rotatable bonds is 0. The maximum atomic E-state index is 12.3. The Morgan fingerprint density at radius 2 is 1.95 bits per heavy atom. The van der Waals surface area contributed by atoms with E-state index < -0.39 is 29.1 Å². The van der Waals surface area contributed by atoms with Gasteiger partial charge in [-0.05, 0) is 37.2 Å². The van der Waals surface area contributed by atoms with Crippen LogP contribution in [0.5, 0.6) is 0 Å². The fourth-order valence-electron chi connectivity index (χ4n) is 4.82. The molecule has 19 heavy (non-hydrogen) atoms. The number of aliphatic hydroxyl groups excluding tert-OH is 1. The van der Waals surface area contributed by atoms with E-state index >= 15 is 0 Å². The lowest BCUT2D eigenvalue weighted by molar-refractivity contribution is -0.169. The molecule has 0 heterocycles. The van der Waals surface area contributed by atoms with Gasteiger partial charge in [0.2, 0.25) is 0 Å². The zero-order chi connectivity index (χ0) is 14.2. The first kappa shape index (κ1) is 13.3. The second kappa shape index (κ2) is 3.68. The molecule has 0 aromatic carbocycles. The number of ketones is 1. The summed E-state index contributed by atoms with van der Waals surface area (Å²) in [5, 5.41) is 31.8. The normalized spacial score (nSPS) is 57.2. The predicted octanol–water partition coefficient (Wildman–Crippen LogP) is 0.650. The molecule has 0 amide bonds. The Morgan fingerprint density at radius 1 is 1.32 bits per heavy atom. The molecule has 3 fully saturated rings. The van der Waals surface area contributed by atoms with E-state index in [1.807, 2.05) is 6.92 Å². The van der Waals surface area contributed by atoms with Gasteiger partial charge in [-0.25, -0.2) is 0 Å². The number of Topliss-reactive ketones (excluding diaryl/α,β-unsaturated/α-hetero) is 1. The van der Waals surface area contributed by atoms with E-state index in [9.17, 15) is 20.1 Å². The van der Waals surface area contributed by atoms with Crippen LogP contribution in [0.15, 0.2) is 12.2 Å². The van der Waals surface area contributed by atoms with E-state index in [4.69, 9.17) is 0 Å². The molecule has 0 saturated heterocycles. The van der Waals surface area contributed by atoms with Crippen molar-refractivity contribution in [2.45, 2.75) is 50.4 Å². The van der Waals surface area contributed by atoms with Crippen LogP contribution in [0.1, 0.15) is 33.1 Å². The molecule has 7 atom stereocenters. The van der Waals surface area contributed by atoms with Crippen molar-refractivity contribution in [1.82, 2.24) is 0 Å². The minimum atomic E-state index is -1.63. The minimum absolute atomic E-state index is 0.168. The fraction of sp³-hybridized carbons (Fsp3) is 0.800. The highest BCUT2D eigenvalue weighted by atomic mass is 16.3. The molecule has 3 saturated carbocycles. The van der Waals surface area contributed by atoms with E-state index in [2.05, 4.69) is 6.58 Å². The van der Waals surface area contributed by atoms with Crippen LogP contribution in [0, 0.1) is 23.7 Å². The molecule has 4 heteroatoms. The highest BCUT2D eigenvalue weighted by molar-refractivity contribution is 5.93. The summed E-state index contributed by atoms with van der Waals surface area (Å²) < 4.78 is 0. The maximum absolute atomic E-state index is 12.3. The lowest BCUT2D eigenvalue weighted by atomic mass is 9.55. The van der Waals surface area contributed by atoms with Crippen LogP contribution in [0.3, 0.4) is 0 Å². The van der Waals surface area contributed by atoms with Gasteiger partial charge in [-0.3, -0.25) is 4.79 Å². The van der Waals surface area contributed by atoms with E-state index in [0.717, 1.165) is 6.42 Å². The third-order valence-electron chi connectivity index (χ3n) is 5.88. The van der Waals surface area contributed by atoms with Gasteiger partial charge in [0.25, 0.3) is 0 Å². The molecule has 106 valence electrons. The largest absolute Gasteiger partial charge is 0.390 e. The number of carbonyl (C=O) groups excluding carboxylic acids is 1. The molecule has 0 aliphatic heterocycles. The van der Waals surface area contributed by atoms with Crippen molar-refractivity contribution < 1.29 is 20.1 Å². The Kier molecular flexibility index (Phi) is 2.58. The molecule has 0 aromatic heterocycles. The van der Waals surface area contributed by atoms with Crippen molar-refractivity contribution in [2.24, 2.45) is 23.7 Å². The molecule has 3 N–H and O–H groups in total. The highest BCUT2D eigenvalue weighted by Crippen LogP contribution is 2.61. The SMILES string of the molecule is C=C1[C@H](O)[C@H]2[C@@H]3[C@@H](CC[C@]2(C)O)[C@H](C)CC(=O)[C@]13O. The van der Waals surface area contributed by atoms with Crippen LogP contribution in [0.25, 0.3) is 0 Å². The molecule has 4 nitrogen and oxygen atoms in total. The van der Waals surface area contributed by atoms with Crippen molar-refractivity contribution in [3.63, 3.8) is 0 Å². The second-order valence-electron chi connectivity index (χ2n) is 6.95. The summed E-state index contributed by atoms with van der Waals surface area (Å²) in [5.41, 5.74) is -2.50. The van der Waals surface area contributed by atoms with Crippen molar-refractivity contribution in [2.75, 3.05) is 0 Å². The molecule has 3 rings (SSSR count). The van der Waals surface area contributed by atoms with Crippen molar-refractivity contribution in [3.8, 4) is 0 Å². The summed E-state index contributed by atoms with van der Waals surface area (Å²) in [4.78, 5) is 12.3. The zero-order valence-corrected chi connectivity index (χ0v) is 11.5. The molecular formula is C15H22O4. The monoisotopic (exact) mass is 266 g/mol. The van der Waals surface area contributed by atoms with Gasteiger partial charge in [0.15, 0.2) is 5.78 Å². The lowest BCUT2D eigenvalue weighted by Gasteiger charge is -2.51. The third-order valence-corrected chi connectivity index (χ3v) is 5.88. The zero-order valence-electron chi connectivity index (χ0n) is 11.5. The molecule has 0 radical (unpaired) electrons. The van der Waals surface area contributed by atoms with Crippen LogP contribution in [-0.4, -0.2) is 38.4 Å². The second-order valence-corrected chi connectivity index (χ2v) is 6.95. The summed E-state index contributed by atoms with van der Waals surface area (Å²) >= 11 is 0. The summed E-state index contributed by atoms with van der Waals surface area (Å²) in [5.74, 6) is -0.771.